The number of nitrogens with one attached hydrogen (secondary N) is 5. The first-order chi connectivity index (χ1) is 24.4. The van der Waals surface area contributed by atoms with Crippen molar-refractivity contribution in [1.82, 2.24) is 31.6 Å². The number of pyridine rings is 1. The topological polar surface area (TPSA) is 177 Å². The van der Waals surface area contributed by atoms with Crippen molar-refractivity contribution >= 4 is 29.5 Å². The van der Waals surface area contributed by atoms with Crippen LogP contribution in [0.25, 0.3) is 0 Å². The van der Waals surface area contributed by atoms with Crippen molar-refractivity contribution in [2.24, 2.45) is 5.92 Å². The Bertz CT molecular complexity index is 1710. The molecule has 2 aliphatic heterocycles. The molecular formula is C38H46N6O7. The van der Waals surface area contributed by atoms with Gasteiger partial charge < -0.3 is 36.1 Å². The number of hydrogen-bond donors (Lipinski definition) is 5. The minimum Gasteiger partial charge on any atom is -0.497 e. The standard InChI is InChI=1S/C38H46N6O7/c1-23(2)18-27-22-51-28-12-10-26(11-13-28)20-31(42-34(46)30-21-29(50-4)14-17-39-30)35(47)40-24(3)33(45)44-38(15-16-38)37(49)43-32(36(48)41-27)19-25-8-6-5-7-9-25/h5-14,17,21,23-24,27,31-32H,15-16,18-20,22H2,1-4H3,(H,40,47)(H,41,48)(H,42,46)(H,43,49)(H,44,45)/t24-,27+,31+,32-/m1/s1. The molecule has 2 aromatic carbocycles. The van der Waals surface area contributed by atoms with Crippen molar-refractivity contribution in [2.45, 2.75) is 82.6 Å². The minimum atomic E-state index is -1.22. The van der Waals surface area contributed by atoms with E-state index in [9.17, 15) is 24.0 Å². The molecule has 13 heteroatoms. The molecule has 2 bridgehead atoms. The van der Waals surface area contributed by atoms with Crippen molar-refractivity contribution in [3.05, 3.63) is 89.7 Å². The van der Waals surface area contributed by atoms with Gasteiger partial charge in [0.15, 0.2) is 0 Å². The summed E-state index contributed by atoms with van der Waals surface area (Å²) in [7, 11) is 1.47. The number of fused-ring (bicyclic) bond motifs is 15. The largest absolute Gasteiger partial charge is 0.497 e. The second-order valence-electron chi connectivity index (χ2n) is 13.6. The van der Waals surface area contributed by atoms with Gasteiger partial charge in [0, 0.05) is 25.1 Å². The van der Waals surface area contributed by atoms with E-state index < -0.39 is 47.3 Å². The predicted molar refractivity (Wildman–Crippen MR) is 189 cm³/mol. The van der Waals surface area contributed by atoms with Crippen LogP contribution in [0.3, 0.4) is 0 Å². The lowest BCUT2D eigenvalue weighted by Crippen LogP contribution is -2.59. The van der Waals surface area contributed by atoms with Crippen molar-refractivity contribution in [3.8, 4) is 11.5 Å². The first-order valence-electron chi connectivity index (χ1n) is 17.2. The molecule has 3 aromatic rings. The molecule has 1 aliphatic carbocycles. The van der Waals surface area contributed by atoms with Crippen LogP contribution in [0.15, 0.2) is 72.9 Å². The van der Waals surface area contributed by atoms with E-state index in [-0.39, 0.29) is 43.0 Å². The molecule has 270 valence electrons. The SMILES string of the molecule is COc1ccnc(C(=O)N[C@H]2Cc3ccc(cc3)OC[C@H](CC(C)C)NC(=O)[C@@H](Cc3ccccc3)NC(=O)C3(CC3)NC(=O)[C@@H](C)NC2=O)c1. The van der Waals surface area contributed by atoms with Gasteiger partial charge >= 0.3 is 0 Å². The van der Waals surface area contributed by atoms with Gasteiger partial charge in [0.05, 0.1) is 13.2 Å². The third-order valence-electron chi connectivity index (χ3n) is 8.94. The Morgan fingerprint density at radius 1 is 0.961 bits per heavy atom. The second kappa shape index (κ2) is 16.5. The maximum absolute atomic E-state index is 13.8. The molecule has 13 nitrogen and oxygen atoms in total. The zero-order chi connectivity index (χ0) is 36.5. The molecule has 3 aliphatic rings. The Kier molecular flexibility index (Phi) is 11.9. The normalized spacial score (nSPS) is 22.5. The Hall–Kier alpha value is -5.46. The smallest absolute Gasteiger partial charge is 0.270 e. The van der Waals surface area contributed by atoms with E-state index >= 15 is 0 Å². The van der Waals surface area contributed by atoms with Gasteiger partial charge in [-0.1, -0.05) is 56.3 Å². The van der Waals surface area contributed by atoms with Crippen molar-refractivity contribution in [1.29, 1.82) is 0 Å². The lowest BCUT2D eigenvalue weighted by Gasteiger charge is -2.27. The average molecular weight is 699 g/mol. The number of benzene rings is 2. The van der Waals surface area contributed by atoms with Crippen molar-refractivity contribution in [3.63, 3.8) is 0 Å². The molecule has 4 atom stereocenters. The molecule has 0 saturated heterocycles. The van der Waals surface area contributed by atoms with E-state index in [1.165, 1.54) is 26.3 Å². The Labute approximate surface area is 297 Å². The minimum absolute atomic E-state index is 0.0541. The molecule has 1 saturated carbocycles. The zero-order valence-electron chi connectivity index (χ0n) is 29.4. The first-order valence-corrected chi connectivity index (χ1v) is 17.2. The van der Waals surface area contributed by atoms with Crippen LogP contribution >= 0.6 is 0 Å². The van der Waals surface area contributed by atoms with E-state index in [2.05, 4.69) is 45.4 Å². The third kappa shape index (κ3) is 10.1. The first kappa shape index (κ1) is 36.8. The second-order valence-corrected chi connectivity index (χ2v) is 13.6. The van der Waals surface area contributed by atoms with Gasteiger partial charge in [-0.05, 0) is 61.4 Å². The van der Waals surface area contributed by atoms with Gasteiger partial charge in [-0.25, -0.2) is 0 Å². The van der Waals surface area contributed by atoms with Crippen LogP contribution in [0.2, 0.25) is 0 Å². The fourth-order valence-electron chi connectivity index (χ4n) is 5.91. The molecule has 6 rings (SSSR count). The van der Waals surface area contributed by atoms with Crippen LogP contribution in [0, 0.1) is 5.92 Å². The molecule has 3 heterocycles. The van der Waals surface area contributed by atoms with Gasteiger partial charge in [-0.15, -0.1) is 0 Å². The van der Waals surface area contributed by atoms with Gasteiger partial charge in [0.25, 0.3) is 5.91 Å². The molecule has 0 unspecified atom stereocenters. The number of carbonyl (C=O) groups excluding carboxylic acids is 5. The van der Waals surface area contributed by atoms with Gasteiger partial charge in [0.2, 0.25) is 23.6 Å². The number of hydrogen-bond acceptors (Lipinski definition) is 8. The van der Waals surface area contributed by atoms with Crippen LogP contribution in [0.4, 0.5) is 0 Å². The van der Waals surface area contributed by atoms with E-state index in [1.807, 2.05) is 30.3 Å². The van der Waals surface area contributed by atoms with Crippen molar-refractivity contribution < 1.29 is 33.4 Å². The summed E-state index contributed by atoms with van der Waals surface area (Å²) in [6.45, 7) is 5.79. The fourth-order valence-corrected chi connectivity index (χ4v) is 5.91. The van der Waals surface area contributed by atoms with E-state index in [4.69, 9.17) is 9.47 Å². The highest BCUT2D eigenvalue weighted by Crippen LogP contribution is 2.36. The summed E-state index contributed by atoms with van der Waals surface area (Å²) in [5, 5.41) is 14.2. The molecule has 1 aromatic heterocycles. The van der Waals surface area contributed by atoms with Crippen LogP contribution < -0.4 is 36.1 Å². The number of ether oxygens (including phenoxy) is 2. The zero-order valence-corrected chi connectivity index (χ0v) is 29.4. The Morgan fingerprint density at radius 2 is 1.69 bits per heavy atom. The fraction of sp³-hybridized carbons (Fsp3) is 0.421. The summed E-state index contributed by atoms with van der Waals surface area (Å²) in [6, 6.07) is 16.1. The number of rotatable bonds is 7. The Morgan fingerprint density at radius 3 is 2.35 bits per heavy atom. The molecule has 0 radical (unpaired) electrons. The summed E-state index contributed by atoms with van der Waals surface area (Å²) in [6.07, 6.45) is 3.14. The highest BCUT2D eigenvalue weighted by Gasteiger charge is 2.52. The predicted octanol–water partition coefficient (Wildman–Crippen LogP) is 2.24. The van der Waals surface area contributed by atoms with Gasteiger partial charge in [-0.3, -0.25) is 29.0 Å². The summed E-state index contributed by atoms with van der Waals surface area (Å²) < 4.78 is 11.3. The monoisotopic (exact) mass is 698 g/mol. The highest BCUT2D eigenvalue weighted by molar-refractivity contribution is 6.00. The molecule has 1 spiro atoms. The summed E-state index contributed by atoms with van der Waals surface area (Å²) >= 11 is 0. The van der Waals surface area contributed by atoms with E-state index in [1.54, 1.807) is 30.3 Å². The maximum atomic E-state index is 13.8. The van der Waals surface area contributed by atoms with Gasteiger partial charge in [0.1, 0.15) is 47.5 Å². The van der Waals surface area contributed by atoms with Crippen LogP contribution in [-0.2, 0) is 32.0 Å². The van der Waals surface area contributed by atoms with Crippen LogP contribution in [0.5, 0.6) is 11.5 Å². The summed E-state index contributed by atoms with van der Waals surface area (Å²) in [4.78, 5) is 72.0. The molecule has 5 N–H and O–H groups in total. The van der Waals surface area contributed by atoms with Crippen LogP contribution in [0.1, 0.15) is 61.6 Å². The number of amides is 5. The number of carbonyl (C=O) groups is 5. The quantitative estimate of drug-likeness (QED) is 0.234. The molecular weight excluding hydrogens is 652 g/mol. The van der Waals surface area contributed by atoms with Gasteiger partial charge in [-0.2, -0.15) is 0 Å². The summed E-state index contributed by atoms with van der Waals surface area (Å²) in [5.74, 6) is -1.39. The van der Waals surface area contributed by atoms with Crippen molar-refractivity contribution in [2.75, 3.05) is 13.7 Å². The third-order valence-corrected chi connectivity index (χ3v) is 8.94. The molecule has 5 amide bonds. The molecule has 1 fully saturated rings. The highest BCUT2D eigenvalue weighted by atomic mass is 16.5. The Balaban J connectivity index is 1.42. The maximum Gasteiger partial charge on any atom is 0.270 e. The number of nitrogens with zero attached hydrogens (tertiary/aromatic N) is 1. The van der Waals surface area contributed by atoms with E-state index in [0.29, 0.717) is 30.8 Å². The number of aromatic nitrogens is 1. The van der Waals surface area contributed by atoms with Crippen LogP contribution in [-0.4, -0.2) is 77.9 Å². The summed E-state index contributed by atoms with van der Waals surface area (Å²) in [5.41, 5.74) is 0.411. The lowest BCUT2D eigenvalue weighted by molar-refractivity contribution is -0.134. The van der Waals surface area contributed by atoms with E-state index in [0.717, 1.165) is 11.1 Å². The molecule has 51 heavy (non-hydrogen) atoms. The number of methoxy groups -OCH3 is 1. The lowest BCUT2D eigenvalue weighted by atomic mass is 10.0. The average Bonchev–Trinajstić information content (AvgIpc) is 3.90.